The molecule has 0 radical (unpaired) electrons. The van der Waals surface area contributed by atoms with Crippen molar-refractivity contribution in [3.05, 3.63) is 39.7 Å². The van der Waals surface area contributed by atoms with Crippen LogP contribution in [0, 0.1) is 0 Å². The van der Waals surface area contributed by atoms with Crippen LogP contribution in [0.4, 0.5) is 24.7 Å². The molecule has 0 unspecified atom stereocenters. The third-order valence-electron chi connectivity index (χ3n) is 4.96. The monoisotopic (exact) mass is 486 g/mol. The third kappa shape index (κ3) is 4.75. The van der Waals surface area contributed by atoms with Gasteiger partial charge >= 0.3 is 6.18 Å². The van der Waals surface area contributed by atoms with E-state index in [1.807, 2.05) is 6.26 Å². The van der Waals surface area contributed by atoms with Crippen LogP contribution in [-0.2, 0) is 6.18 Å². The molecular weight excluding hydrogens is 469 g/mol. The van der Waals surface area contributed by atoms with Gasteiger partial charge in [-0.1, -0.05) is 23.4 Å². The summed E-state index contributed by atoms with van der Waals surface area (Å²) in [7, 11) is 0. The van der Waals surface area contributed by atoms with Crippen molar-refractivity contribution in [1.82, 2.24) is 9.97 Å². The summed E-state index contributed by atoms with van der Waals surface area (Å²) in [5.41, 5.74) is -0.975. The van der Waals surface area contributed by atoms with E-state index in [4.69, 9.17) is 11.6 Å². The van der Waals surface area contributed by atoms with E-state index in [1.165, 1.54) is 29.5 Å². The van der Waals surface area contributed by atoms with Crippen LogP contribution < -0.4 is 10.2 Å². The van der Waals surface area contributed by atoms with Crippen molar-refractivity contribution in [2.45, 2.75) is 30.6 Å². The van der Waals surface area contributed by atoms with Crippen LogP contribution >= 0.6 is 34.7 Å². The maximum Gasteiger partial charge on any atom is 0.416 e. The number of hydrogen-bond donors (Lipinski definition) is 1. The fourth-order valence-electron chi connectivity index (χ4n) is 3.42. The molecule has 0 aliphatic carbocycles. The number of nitrogens with one attached hydrogen (secondary N) is 1. The van der Waals surface area contributed by atoms with Gasteiger partial charge in [-0.15, -0.1) is 11.3 Å². The Hall–Kier alpha value is -2.04. The van der Waals surface area contributed by atoms with Gasteiger partial charge in [0.1, 0.15) is 10.6 Å². The van der Waals surface area contributed by atoms with Crippen LogP contribution in [0.1, 0.15) is 34.5 Å². The van der Waals surface area contributed by atoms with E-state index in [0.29, 0.717) is 14.9 Å². The van der Waals surface area contributed by atoms with Crippen molar-refractivity contribution in [1.29, 1.82) is 0 Å². The summed E-state index contributed by atoms with van der Waals surface area (Å²) in [5.74, 6) is 0.251. The number of rotatable bonds is 4. The molecule has 2 aromatic heterocycles. The molecule has 3 aromatic rings. The lowest BCUT2D eigenvalue weighted by molar-refractivity contribution is -0.137. The minimum Gasteiger partial charge on any atom is -0.356 e. The first-order chi connectivity index (χ1) is 14.8. The molecule has 31 heavy (non-hydrogen) atoms. The first-order valence-electron chi connectivity index (χ1n) is 9.55. The molecule has 0 bridgehead atoms. The van der Waals surface area contributed by atoms with Crippen LogP contribution in [-0.4, -0.2) is 35.2 Å². The van der Waals surface area contributed by atoms with Crippen LogP contribution in [0.2, 0.25) is 5.02 Å². The molecule has 3 heterocycles. The zero-order chi connectivity index (χ0) is 22.2. The Morgan fingerprint density at radius 3 is 2.61 bits per heavy atom. The van der Waals surface area contributed by atoms with E-state index < -0.39 is 17.6 Å². The lowest BCUT2D eigenvalue weighted by Gasteiger charge is -2.28. The van der Waals surface area contributed by atoms with Gasteiger partial charge in [-0.2, -0.15) is 13.2 Å². The number of nitrogens with zero attached hydrogens (tertiary/aromatic N) is 3. The number of aromatic nitrogens is 2. The van der Waals surface area contributed by atoms with Gasteiger partial charge in [0.15, 0.2) is 5.16 Å². The topological polar surface area (TPSA) is 58.1 Å². The van der Waals surface area contributed by atoms with E-state index in [2.05, 4.69) is 20.2 Å². The molecule has 1 saturated heterocycles. The summed E-state index contributed by atoms with van der Waals surface area (Å²) in [6.45, 7) is 1.77. The van der Waals surface area contributed by atoms with Crippen molar-refractivity contribution < 1.29 is 18.0 Å². The Morgan fingerprint density at radius 2 is 1.94 bits per heavy atom. The van der Waals surface area contributed by atoms with E-state index in [0.717, 1.165) is 55.3 Å². The molecule has 164 valence electrons. The number of carbonyl (C=O) groups excluding carboxylic acids is 1. The highest BCUT2D eigenvalue weighted by molar-refractivity contribution is 7.98. The van der Waals surface area contributed by atoms with E-state index >= 15 is 0 Å². The van der Waals surface area contributed by atoms with Crippen molar-refractivity contribution in [3.8, 4) is 0 Å². The summed E-state index contributed by atoms with van der Waals surface area (Å²) in [6.07, 6.45) is 0.680. The molecule has 1 aliphatic rings. The van der Waals surface area contributed by atoms with Crippen LogP contribution in [0.3, 0.4) is 0 Å². The highest BCUT2D eigenvalue weighted by Gasteiger charge is 2.31. The highest BCUT2D eigenvalue weighted by Crippen LogP contribution is 2.36. The Labute approximate surface area is 190 Å². The Morgan fingerprint density at radius 1 is 1.19 bits per heavy atom. The summed E-state index contributed by atoms with van der Waals surface area (Å²) in [4.78, 5) is 25.2. The average molecular weight is 487 g/mol. The van der Waals surface area contributed by atoms with Gasteiger partial charge in [0.25, 0.3) is 5.91 Å². The number of anilines is 2. The minimum absolute atomic E-state index is 0.0286. The van der Waals surface area contributed by atoms with Gasteiger partial charge in [-0.05, 0) is 49.8 Å². The molecule has 1 aromatic carbocycles. The Balaban J connectivity index is 1.68. The number of halogens is 4. The molecule has 1 amide bonds. The fourth-order valence-corrected chi connectivity index (χ4v) is 4.92. The molecule has 0 atom stereocenters. The van der Waals surface area contributed by atoms with Gasteiger partial charge in [-0.3, -0.25) is 4.79 Å². The summed E-state index contributed by atoms with van der Waals surface area (Å²) in [6, 6.07) is 4.53. The highest BCUT2D eigenvalue weighted by atomic mass is 35.5. The zero-order valence-corrected chi connectivity index (χ0v) is 18.8. The fraction of sp³-hybridized carbons (Fsp3) is 0.350. The zero-order valence-electron chi connectivity index (χ0n) is 16.4. The normalized spacial score (nSPS) is 14.8. The summed E-state index contributed by atoms with van der Waals surface area (Å²) < 4.78 is 39.0. The molecule has 1 N–H and O–H groups in total. The van der Waals surface area contributed by atoms with E-state index in [9.17, 15) is 18.0 Å². The number of thiophene rings is 1. The van der Waals surface area contributed by atoms with Crippen molar-refractivity contribution in [2.24, 2.45) is 0 Å². The molecule has 4 rings (SSSR count). The largest absolute Gasteiger partial charge is 0.416 e. The number of hydrogen-bond acceptors (Lipinski definition) is 6. The van der Waals surface area contributed by atoms with Crippen LogP contribution in [0.15, 0.2) is 29.4 Å². The first-order valence-corrected chi connectivity index (χ1v) is 12.0. The first kappa shape index (κ1) is 22.2. The third-order valence-corrected chi connectivity index (χ3v) is 6.86. The van der Waals surface area contributed by atoms with Crippen molar-refractivity contribution in [3.63, 3.8) is 0 Å². The molecule has 11 heteroatoms. The maximum atomic E-state index is 13.0. The number of carbonyl (C=O) groups is 1. The van der Waals surface area contributed by atoms with Crippen LogP contribution in [0.25, 0.3) is 10.2 Å². The van der Waals surface area contributed by atoms with Gasteiger partial charge in [0.05, 0.1) is 26.5 Å². The van der Waals surface area contributed by atoms with Crippen molar-refractivity contribution >= 4 is 62.3 Å². The second kappa shape index (κ2) is 8.84. The number of amides is 1. The maximum absolute atomic E-state index is 13.0. The lowest BCUT2D eigenvalue weighted by Crippen LogP contribution is -2.30. The van der Waals surface area contributed by atoms with E-state index in [1.54, 1.807) is 6.07 Å². The van der Waals surface area contributed by atoms with Crippen LogP contribution in [0.5, 0.6) is 0 Å². The number of piperidine rings is 1. The molecule has 0 saturated carbocycles. The predicted molar refractivity (Wildman–Crippen MR) is 120 cm³/mol. The van der Waals surface area contributed by atoms with E-state index in [-0.39, 0.29) is 10.7 Å². The number of benzene rings is 1. The summed E-state index contributed by atoms with van der Waals surface area (Å²) >= 11 is 8.61. The minimum atomic E-state index is -4.53. The molecular formula is C20H18ClF3N4OS2. The molecule has 1 aliphatic heterocycles. The molecule has 1 fully saturated rings. The summed E-state index contributed by atoms with van der Waals surface area (Å²) in [5, 5.41) is 3.91. The molecule has 0 spiro atoms. The number of thioether (sulfide) groups is 1. The second-order valence-corrected chi connectivity index (χ2v) is 9.27. The lowest BCUT2D eigenvalue weighted by atomic mass is 10.1. The quantitative estimate of drug-likeness (QED) is 0.345. The van der Waals surface area contributed by atoms with Gasteiger partial charge in [-0.25, -0.2) is 9.97 Å². The average Bonchev–Trinajstić information content (AvgIpc) is 3.18. The molecule has 5 nitrogen and oxygen atoms in total. The Bertz CT molecular complexity index is 1130. The van der Waals surface area contributed by atoms with Crippen molar-refractivity contribution in [2.75, 3.05) is 29.6 Å². The Kier molecular flexibility index (Phi) is 6.32. The SMILES string of the molecule is CSc1nc(N2CCCCC2)c2cc(C(=O)Nc3cc(C(F)(F)F)ccc3Cl)sc2n1. The number of fused-ring (bicyclic) bond motifs is 1. The predicted octanol–water partition coefficient (Wildman–Crippen LogP) is 6.33. The number of alkyl halides is 3. The van der Waals surface area contributed by atoms with Gasteiger partial charge < -0.3 is 10.2 Å². The second-order valence-electron chi connectivity index (χ2n) is 7.06. The van der Waals surface area contributed by atoms with Gasteiger partial charge in [0.2, 0.25) is 0 Å². The van der Waals surface area contributed by atoms with Gasteiger partial charge in [0, 0.05) is 13.1 Å². The standard InChI is InChI=1S/C20H18ClF3N4OS2/c1-30-19-26-16(28-7-3-2-4-8-28)12-10-15(31-18(12)27-19)17(29)25-14-9-11(20(22,23)24)5-6-13(14)21/h5-6,9-10H,2-4,7-8H2,1H3,(H,25,29). The smallest absolute Gasteiger partial charge is 0.356 e.